The van der Waals surface area contributed by atoms with Crippen molar-refractivity contribution in [2.24, 2.45) is 0 Å². The van der Waals surface area contributed by atoms with Gasteiger partial charge in [-0.25, -0.2) is 9.18 Å². The molecule has 0 unspecified atom stereocenters. The normalized spacial score (nSPS) is 14.3. The average Bonchev–Trinajstić information content (AvgIpc) is 3.15. The number of hydrogen-bond donors (Lipinski definition) is 0. The van der Waals surface area contributed by atoms with Gasteiger partial charge in [-0.1, -0.05) is 29.8 Å². The van der Waals surface area contributed by atoms with Crippen LogP contribution in [0.4, 0.5) is 4.39 Å². The lowest BCUT2D eigenvalue weighted by Gasteiger charge is -2.13. The quantitative estimate of drug-likeness (QED) is 0.307. The number of halogens is 2. The largest absolute Gasteiger partial charge is 0.490 e. The molecule has 3 aromatic carbocycles. The zero-order valence-electron chi connectivity index (χ0n) is 17.3. The van der Waals surface area contributed by atoms with Gasteiger partial charge in [-0.2, -0.15) is 0 Å². The number of carbonyl (C=O) groups excluding carboxylic acids is 1. The van der Waals surface area contributed by atoms with Gasteiger partial charge < -0.3 is 14.2 Å². The summed E-state index contributed by atoms with van der Waals surface area (Å²) in [6.07, 6.45) is 3.35. The molecule has 0 aromatic heterocycles. The van der Waals surface area contributed by atoms with Crippen molar-refractivity contribution in [2.75, 3.05) is 6.61 Å². The molecule has 32 heavy (non-hydrogen) atoms. The predicted molar refractivity (Wildman–Crippen MR) is 122 cm³/mol. The Balaban J connectivity index is 1.54. The molecule has 6 heteroatoms. The summed E-state index contributed by atoms with van der Waals surface area (Å²) in [7, 11) is 0. The molecule has 162 valence electrons. The number of esters is 1. The molecule has 0 N–H and O–H groups in total. The lowest BCUT2D eigenvalue weighted by atomic mass is 10.1. The van der Waals surface area contributed by atoms with E-state index in [1.807, 2.05) is 43.3 Å². The molecule has 0 aliphatic carbocycles. The van der Waals surface area contributed by atoms with Crippen molar-refractivity contribution in [2.45, 2.75) is 13.5 Å². The first-order chi connectivity index (χ1) is 15.5. The number of cyclic esters (lactones) is 1. The third-order valence-electron chi connectivity index (χ3n) is 4.75. The van der Waals surface area contributed by atoms with Crippen LogP contribution >= 0.6 is 11.6 Å². The van der Waals surface area contributed by atoms with Crippen molar-refractivity contribution >= 4 is 29.4 Å². The topological polar surface area (TPSA) is 44.8 Å². The maximum Gasteiger partial charge on any atom is 0.343 e. The van der Waals surface area contributed by atoms with E-state index in [-0.39, 0.29) is 5.82 Å². The summed E-state index contributed by atoms with van der Waals surface area (Å²) in [5.41, 5.74) is 2.76. The highest BCUT2D eigenvalue weighted by Gasteiger charge is 2.22. The zero-order chi connectivity index (χ0) is 22.5. The number of rotatable bonds is 7. The summed E-state index contributed by atoms with van der Waals surface area (Å²) in [5.74, 6) is 0.737. The first-order valence-corrected chi connectivity index (χ1v) is 10.5. The molecule has 0 saturated heterocycles. The van der Waals surface area contributed by atoms with E-state index in [1.165, 1.54) is 12.1 Å². The summed E-state index contributed by atoms with van der Waals surface area (Å²) < 4.78 is 30.1. The van der Waals surface area contributed by atoms with Crippen LogP contribution in [0.3, 0.4) is 0 Å². The molecule has 0 spiro atoms. The van der Waals surface area contributed by atoms with Gasteiger partial charge in [0.05, 0.1) is 12.2 Å². The van der Waals surface area contributed by atoms with Crippen LogP contribution in [-0.2, 0) is 16.1 Å². The molecule has 0 amide bonds. The van der Waals surface area contributed by atoms with Gasteiger partial charge in [-0.3, -0.25) is 0 Å². The lowest BCUT2D eigenvalue weighted by Crippen LogP contribution is -2.00. The molecule has 0 radical (unpaired) electrons. The molecule has 1 heterocycles. The van der Waals surface area contributed by atoms with E-state index in [4.69, 9.17) is 25.8 Å². The highest BCUT2D eigenvalue weighted by molar-refractivity contribution is 6.30. The lowest BCUT2D eigenvalue weighted by molar-refractivity contribution is -0.130. The third kappa shape index (κ3) is 5.18. The maximum absolute atomic E-state index is 13.1. The van der Waals surface area contributed by atoms with Crippen LogP contribution in [-0.4, -0.2) is 12.6 Å². The summed E-state index contributed by atoms with van der Waals surface area (Å²) in [6, 6.07) is 18.7. The second-order valence-electron chi connectivity index (χ2n) is 7.06. The van der Waals surface area contributed by atoms with Gasteiger partial charge in [0.25, 0.3) is 0 Å². The molecular weight excluding hydrogens is 431 g/mol. The fraction of sp³-hybridized carbons (Fsp3) is 0.115. The van der Waals surface area contributed by atoms with Crippen LogP contribution in [0.5, 0.6) is 11.5 Å². The number of ether oxygens (including phenoxy) is 3. The van der Waals surface area contributed by atoms with Crippen LogP contribution in [0, 0.1) is 5.82 Å². The fourth-order valence-corrected chi connectivity index (χ4v) is 3.29. The van der Waals surface area contributed by atoms with E-state index in [2.05, 4.69) is 0 Å². The van der Waals surface area contributed by atoms with E-state index in [9.17, 15) is 9.18 Å². The average molecular weight is 451 g/mol. The van der Waals surface area contributed by atoms with E-state index in [0.29, 0.717) is 46.6 Å². The Morgan fingerprint density at radius 2 is 1.72 bits per heavy atom. The van der Waals surface area contributed by atoms with Crippen molar-refractivity contribution in [3.05, 3.63) is 106 Å². The van der Waals surface area contributed by atoms with Crippen LogP contribution in [0.15, 0.2) is 78.4 Å². The highest BCUT2D eigenvalue weighted by atomic mass is 35.5. The van der Waals surface area contributed by atoms with Gasteiger partial charge in [0, 0.05) is 10.6 Å². The second kappa shape index (κ2) is 9.71. The summed E-state index contributed by atoms with van der Waals surface area (Å²) in [5, 5.41) is 0.670. The van der Waals surface area contributed by atoms with Crippen LogP contribution in [0.25, 0.3) is 11.8 Å². The Morgan fingerprint density at radius 3 is 2.44 bits per heavy atom. The minimum absolute atomic E-state index is 0.351. The summed E-state index contributed by atoms with van der Waals surface area (Å²) in [6.45, 7) is 2.72. The van der Waals surface area contributed by atoms with Gasteiger partial charge in [-0.15, -0.1) is 0 Å². The van der Waals surface area contributed by atoms with Crippen LogP contribution in [0.1, 0.15) is 23.6 Å². The number of carbonyl (C=O) groups is 1. The number of hydrogen-bond acceptors (Lipinski definition) is 4. The molecule has 0 fully saturated rings. The van der Waals surface area contributed by atoms with E-state index < -0.39 is 5.97 Å². The Labute approximate surface area is 190 Å². The summed E-state index contributed by atoms with van der Waals surface area (Å²) >= 11 is 5.92. The van der Waals surface area contributed by atoms with E-state index in [1.54, 1.807) is 30.4 Å². The molecule has 0 bridgehead atoms. The van der Waals surface area contributed by atoms with Crippen molar-refractivity contribution in [1.29, 1.82) is 0 Å². The standard InChI is InChI=1S/C26H20ClFO4/c1-2-30-25-14-18(5-12-23(25)31-16-17-3-8-21(27)9-4-17)13-20-15-24(32-26(20)29)19-6-10-22(28)11-7-19/h3-15H,2,16H2,1H3/b20-13+. The molecule has 4 rings (SSSR count). The van der Waals surface area contributed by atoms with Crippen molar-refractivity contribution in [3.8, 4) is 11.5 Å². The SMILES string of the molecule is CCOc1cc(/C=C2\C=C(c3ccc(F)cc3)OC2=O)ccc1OCc1ccc(Cl)cc1. The van der Waals surface area contributed by atoms with Gasteiger partial charge in [0.2, 0.25) is 0 Å². The van der Waals surface area contributed by atoms with Crippen molar-refractivity contribution < 1.29 is 23.4 Å². The van der Waals surface area contributed by atoms with Gasteiger partial charge in [0.1, 0.15) is 18.2 Å². The first-order valence-electron chi connectivity index (χ1n) is 10.1. The van der Waals surface area contributed by atoms with E-state index >= 15 is 0 Å². The zero-order valence-corrected chi connectivity index (χ0v) is 18.1. The molecular formula is C26H20ClFO4. The molecule has 1 aliphatic rings. The maximum atomic E-state index is 13.1. The predicted octanol–water partition coefficient (Wildman–Crippen LogP) is 6.44. The van der Waals surface area contributed by atoms with Gasteiger partial charge >= 0.3 is 5.97 Å². The molecule has 0 saturated carbocycles. The molecule has 4 nitrogen and oxygen atoms in total. The Bertz CT molecular complexity index is 1180. The Morgan fingerprint density at radius 1 is 0.969 bits per heavy atom. The van der Waals surface area contributed by atoms with Crippen molar-refractivity contribution in [1.82, 2.24) is 0 Å². The smallest absolute Gasteiger partial charge is 0.343 e. The van der Waals surface area contributed by atoms with Crippen LogP contribution < -0.4 is 9.47 Å². The Kier molecular flexibility index (Phi) is 6.57. The van der Waals surface area contributed by atoms with Crippen LogP contribution in [0.2, 0.25) is 5.02 Å². The number of benzene rings is 3. The highest BCUT2D eigenvalue weighted by Crippen LogP contribution is 2.32. The minimum atomic E-state index is -0.467. The minimum Gasteiger partial charge on any atom is -0.490 e. The van der Waals surface area contributed by atoms with Gasteiger partial charge in [0.15, 0.2) is 11.5 Å². The fourth-order valence-electron chi connectivity index (χ4n) is 3.17. The molecule has 1 aliphatic heterocycles. The molecule has 3 aromatic rings. The summed E-state index contributed by atoms with van der Waals surface area (Å²) in [4.78, 5) is 12.3. The molecule has 0 atom stereocenters. The van der Waals surface area contributed by atoms with Crippen molar-refractivity contribution in [3.63, 3.8) is 0 Å². The Hall–Kier alpha value is -3.57. The van der Waals surface area contributed by atoms with Gasteiger partial charge in [-0.05, 0) is 78.7 Å². The second-order valence-corrected chi connectivity index (χ2v) is 7.50. The van der Waals surface area contributed by atoms with E-state index in [0.717, 1.165) is 11.1 Å². The monoisotopic (exact) mass is 450 g/mol. The third-order valence-corrected chi connectivity index (χ3v) is 5.00. The first kappa shape index (κ1) is 21.7.